The summed E-state index contributed by atoms with van der Waals surface area (Å²) in [6.45, 7) is 0.438. The van der Waals surface area contributed by atoms with Crippen LogP contribution in [0, 0.1) is 11.6 Å². The second kappa shape index (κ2) is 5.89. The minimum absolute atomic E-state index is 0.0422. The van der Waals surface area contributed by atoms with E-state index in [0.29, 0.717) is 24.6 Å². The first-order valence-electron chi connectivity index (χ1n) is 7.05. The molecule has 1 fully saturated rings. The highest BCUT2D eigenvalue weighted by molar-refractivity contribution is 7.89. The van der Waals surface area contributed by atoms with Crippen molar-refractivity contribution in [3.63, 3.8) is 0 Å². The molecule has 2 aromatic rings. The average molecular weight is 343 g/mol. The second-order valence-corrected chi connectivity index (χ2v) is 7.31. The lowest BCUT2D eigenvalue weighted by molar-refractivity contribution is 0.308. The van der Waals surface area contributed by atoms with Crippen molar-refractivity contribution in [1.82, 2.24) is 9.46 Å². The van der Waals surface area contributed by atoms with E-state index in [9.17, 15) is 17.2 Å². The van der Waals surface area contributed by atoms with Crippen LogP contribution in [0.2, 0.25) is 0 Å². The summed E-state index contributed by atoms with van der Waals surface area (Å²) in [4.78, 5) is -0.511. The number of nitrogen functional groups attached to an aromatic ring is 1. The average Bonchev–Trinajstić information content (AvgIpc) is 2.93. The van der Waals surface area contributed by atoms with E-state index < -0.39 is 26.6 Å². The molecule has 0 radical (unpaired) electrons. The number of halogens is 2. The van der Waals surface area contributed by atoms with Gasteiger partial charge in [-0.2, -0.15) is 4.31 Å². The number of piperidine rings is 1. The SMILES string of the molecule is Nc1cc(C2CCN(S(=O)(=O)c3ccc(F)cc3F)CC2)no1. The summed E-state index contributed by atoms with van der Waals surface area (Å²) in [6, 6.07) is 4.07. The Morgan fingerprint density at radius 3 is 2.48 bits per heavy atom. The first kappa shape index (κ1) is 15.9. The minimum Gasteiger partial charge on any atom is -0.368 e. The quantitative estimate of drug-likeness (QED) is 0.922. The Morgan fingerprint density at radius 2 is 1.91 bits per heavy atom. The van der Waals surface area contributed by atoms with E-state index in [1.807, 2.05) is 0 Å². The molecule has 1 aromatic carbocycles. The Bertz CT molecular complexity index is 814. The van der Waals surface area contributed by atoms with Crippen molar-refractivity contribution in [1.29, 1.82) is 0 Å². The van der Waals surface area contributed by atoms with Crippen molar-refractivity contribution in [3.8, 4) is 0 Å². The number of nitrogens with two attached hydrogens (primary N) is 1. The molecule has 6 nitrogen and oxygen atoms in total. The van der Waals surface area contributed by atoms with Crippen LogP contribution in [-0.2, 0) is 10.0 Å². The maximum atomic E-state index is 13.8. The maximum absolute atomic E-state index is 13.8. The molecule has 9 heteroatoms. The Hall–Kier alpha value is -2.00. The van der Waals surface area contributed by atoms with Gasteiger partial charge in [-0.3, -0.25) is 0 Å². The zero-order valence-corrected chi connectivity index (χ0v) is 12.9. The monoisotopic (exact) mass is 343 g/mol. The highest BCUT2D eigenvalue weighted by Crippen LogP contribution is 2.31. The molecule has 0 aliphatic carbocycles. The molecule has 2 N–H and O–H groups in total. The summed E-state index contributed by atoms with van der Waals surface area (Å²) in [5.41, 5.74) is 6.17. The van der Waals surface area contributed by atoms with E-state index in [-0.39, 0.29) is 24.9 Å². The zero-order valence-electron chi connectivity index (χ0n) is 12.1. The molecule has 3 rings (SSSR count). The van der Waals surface area contributed by atoms with Gasteiger partial charge in [-0.05, 0) is 25.0 Å². The van der Waals surface area contributed by atoms with Gasteiger partial charge in [-0.15, -0.1) is 0 Å². The Balaban J connectivity index is 1.76. The Labute approximate surface area is 131 Å². The number of nitrogens with zero attached hydrogens (tertiary/aromatic N) is 2. The molecule has 1 aliphatic heterocycles. The van der Waals surface area contributed by atoms with Gasteiger partial charge in [0.15, 0.2) is 0 Å². The summed E-state index contributed by atoms with van der Waals surface area (Å²) in [5.74, 6) is -1.65. The standard InChI is InChI=1S/C14H15F2N3O3S/c15-10-1-2-13(11(16)7-10)23(20,21)19-5-3-9(4-6-19)12-8-14(17)22-18-12/h1-2,7-9H,3-6,17H2. The molecule has 124 valence electrons. The number of aromatic nitrogens is 1. The predicted molar refractivity (Wildman–Crippen MR) is 78.0 cm³/mol. The summed E-state index contributed by atoms with van der Waals surface area (Å²) in [7, 11) is -3.99. The molecular weight excluding hydrogens is 328 g/mol. The van der Waals surface area contributed by atoms with E-state index in [4.69, 9.17) is 10.3 Å². The van der Waals surface area contributed by atoms with E-state index >= 15 is 0 Å². The smallest absolute Gasteiger partial charge is 0.245 e. The Morgan fingerprint density at radius 1 is 1.22 bits per heavy atom. The van der Waals surface area contributed by atoms with Crippen LogP contribution in [0.1, 0.15) is 24.5 Å². The predicted octanol–water partition coefficient (Wildman–Crippen LogP) is 2.10. The second-order valence-electron chi connectivity index (χ2n) is 5.41. The molecule has 0 atom stereocenters. The lowest BCUT2D eigenvalue weighted by Crippen LogP contribution is -2.38. The minimum atomic E-state index is -3.99. The molecule has 1 aliphatic rings. The van der Waals surface area contributed by atoms with Crippen molar-refractivity contribution < 1.29 is 21.7 Å². The molecule has 0 unspecified atom stereocenters. The molecule has 1 aromatic heterocycles. The fraction of sp³-hybridized carbons (Fsp3) is 0.357. The lowest BCUT2D eigenvalue weighted by Gasteiger charge is -2.30. The topological polar surface area (TPSA) is 89.4 Å². The van der Waals surface area contributed by atoms with Gasteiger partial charge in [0.2, 0.25) is 15.9 Å². The molecule has 0 bridgehead atoms. The van der Waals surface area contributed by atoms with Crippen LogP contribution in [0.25, 0.3) is 0 Å². The number of hydrogen-bond acceptors (Lipinski definition) is 5. The van der Waals surface area contributed by atoms with E-state index in [1.165, 1.54) is 4.31 Å². The third kappa shape index (κ3) is 3.06. The van der Waals surface area contributed by atoms with Gasteiger partial charge in [0.25, 0.3) is 0 Å². The molecule has 23 heavy (non-hydrogen) atoms. The molecule has 0 saturated carbocycles. The fourth-order valence-electron chi connectivity index (χ4n) is 2.71. The van der Waals surface area contributed by atoms with Crippen LogP contribution in [-0.4, -0.2) is 31.0 Å². The third-order valence-corrected chi connectivity index (χ3v) is 5.86. The van der Waals surface area contributed by atoms with Crippen LogP contribution in [0.4, 0.5) is 14.7 Å². The van der Waals surface area contributed by atoms with Gasteiger partial charge in [0, 0.05) is 31.1 Å². The van der Waals surface area contributed by atoms with Crippen molar-refractivity contribution in [2.24, 2.45) is 0 Å². The summed E-state index contributed by atoms with van der Waals surface area (Å²) < 4.78 is 57.7. The third-order valence-electron chi connectivity index (χ3n) is 3.93. The summed E-state index contributed by atoms with van der Waals surface area (Å²) >= 11 is 0. The lowest BCUT2D eigenvalue weighted by atomic mass is 9.95. The van der Waals surface area contributed by atoms with Crippen LogP contribution >= 0.6 is 0 Å². The van der Waals surface area contributed by atoms with Crippen molar-refractivity contribution in [2.45, 2.75) is 23.7 Å². The molecular formula is C14H15F2N3O3S. The van der Waals surface area contributed by atoms with Crippen molar-refractivity contribution in [2.75, 3.05) is 18.8 Å². The molecule has 2 heterocycles. The Kier molecular flexibility index (Phi) is 4.07. The van der Waals surface area contributed by atoms with Crippen LogP contribution < -0.4 is 5.73 Å². The van der Waals surface area contributed by atoms with E-state index in [2.05, 4.69) is 5.16 Å². The maximum Gasteiger partial charge on any atom is 0.245 e. The van der Waals surface area contributed by atoms with Crippen molar-refractivity contribution >= 4 is 15.9 Å². The number of anilines is 1. The number of rotatable bonds is 3. The van der Waals surface area contributed by atoms with Gasteiger partial charge in [-0.25, -0.2) is 17.2 Å². The highest BCUT2D eigenvalue weighted by atomic mass is 32.2. The van der Waals surface area contributed by atoms with Gasteiger partial charge in [-0.1, -0.05) is 5.16 Å². The van der Waals surface area contributed by atoms with Gasteiger partial charge in [0.1, 0.15) is 16.5 Å². The molecule has 0 amide bonds. The van der Waals surface area contributed by atoms with Gasteiger partial charge >= 0.3 is 0 Å². The molecule has 0 spiro atoms. The normalized spacial score (nSPS) is 17.5. The fourth-order valence-corrected chi connectivity index (χ4v) is 4.23. The van der Waals surface area contributed by atoms with Gasteiger partial charge in [0.05, 0.1) is 5.69 Å². The van der Waals surface area contributed by atoms with Gasteiger partial charge < -0.3 is 10.3 Å². The number of hydrogen-bond donors (Lipinski definition) is 1. The van der Waals surface area contributed by atoms with Crippen LogP contribution in [0.3, 0.4) is 0 Å². The highest BCUT2D eigenvalue weighted by Gasteiger charge is 2.32. The summed E-state index contributed by atoms with van der Waals surface area (Å²) in [6.07, 6.45) is 1.04. The first-order chi connectivity index (χ1) is 10.9. The first-order valence-corrected chi connectivity index (χ1v) is 8.49. The summed E-state index contributed by atoms with van der Waals surface area (Å²) in [5, 5.41) is 3.84. The number of benzene rings is 1. The van der Waals surface area contributed by atoms with Crippen LogP contribution in [0.15, 0.2) is 33.7 Å². The van der Waals surface area contributed by atoms with Crippen molar-refractivity contribution in [3.05, 3.63) is 41.6 Å². The molecule has 1 saturated heterocycles. The largest absolute Gasteiger partial charge is 0.368 e. The zero-order chi connectivity index (χ0) is 16.6. The number of sulfonamides is 1. The van der Waals surface area contributed by atoms with Crippen LogP contribution in [0.5, 0.6) is 0 Å². The van der Waals surface area contributed by atoms with E-state index in [0.717, 1.165) is 12.1 Å². The van der Waals surface area contributed by atoms with E-state index in [1.54, 1.807) is 6.07 Å².